The van der Waals surface area contributed by atoms with E-state index < -0.39 is 0 Å². The predicted octanol–water partition coefficient (Wildman–Crippen LogP) is 2.81. The second-order valence-corrected chi connectivity index (χ2v) is 7.67. The van der Waals surface area contributed by atoms with Crippen molar-refractivity contribution >= 4 is 29.9 Å². The third kappa shape index (κ3) is 6.55. The van der Waals surface area contributed by atoms with E-state index in [0.29, 0.717) is 19.1 Å². The van der Waals surface area contributed by atoms with Gasteiger partial charge >= 0.3 is 0 Å². The number of aryl methyl sites for hydroxylation is 1. The minimum absolute atomic E-state index is 0. The van der Waals surface area contributed by atoms with E-state index in [-0.39, 0.29) is 24.0 Å². The molecule has 0 amide bonds. The SMILES string of the molecule is CCN(CC)C1CCN(C(=NCc2ccc(OC)cc2)NCc2nnc(C)n2C)C1.I. The Balaban J connectivity index is 0.00000341. The summed E-state index contributed by atoms with van der Waals surface area (Å²) < 4.78 is 7.27. The van der Waals surface area contributed by atoms with Crippen LogP contribution in [-0.4, -0.2) is 69.9 Å². The first-order valence-corrected chi connectivity index (χ1v) is 10.8. The second kappa shape index (κ2) is 12.2. The molecule has 31 heavy (non-hydrogen) atoms. The maximum atomic E-state index is 5.26. The van der Waals surface area contributed by atoms with Crippen molar-refractivity contribution in [2.75, 3.05) is 33.3 Å². The Hall–Kier alpha value is -1.88. The van der Waals surface area contributed by atoms with Crippen molar-refractivity contribution in [3.8, 4) is 5.75 Å². The number of aliphatic imine (C=N–C) groups is 1. The van der Waals surface area contributed by atoms with Crippen molar-refractivity contribution in [1.82, 2.24) is 29.9 Å². The molecule has 172 valence electrons. The number of nitrogens with one attached hydrogen (secondary N) is 1. The van der Waals surface area contributed by atoms with Crippen LogP contribution >= 0.6 is 24.0 Å². The second-order valence-electron chi connectivity index (χ2n) is 7.67. The molecule has 3 rings (SSSR count). The summed E-state index contributed by atoms with van der Waals surface area (Å²) in [6.07, 6.45) is 1.16. The zero-order chi connectivity index (χ0) is 21.5. The van der Waals surface area contributed by atoms with E-state index in [4.69, 9.17) is 9.73 Å². The normalized spacial score (nSPS) is 16.5. The fourth-order valence-electron chi connectivity index (χ4n) is 3.90. The molecular weight excluding hydrogens is 505 g/mol. The zero-order valence-electron chi connectivity index (χ0n) is 19.3. The highest BCUT2D eigenvalue weighted by Crippen LogP contribution is 2.17. The lowest BCUT2D eigenvalue weighted by molar-refractivity contribution is 0.223. The average molecular weight is 541 g/mol. The lowest BCUT2D eigenvalue weighted by atomic mass is 10.2. The Labute approximate surface area is 203 Å². The van der Waals surface area contributed by atoms with Crippen LogP contribution in [0.4, 0.5) is 0 Å². The third-order valence-corrected chi connectivity index (χ3v) is 5.95. The minimum Gasteiger partial charge on any atom is -0.497 e. The van der Waals surface area contributed by atoms with Crippen LogP contribution < -0.4 is 10.1 Å². The van der Waals surface area contributed by atoms with Gasteiger partial charge in [0.15, 0.2) is 11.8 Å². The summed E-state index contributed by atoms with van der Waals surface area (Å²) in [7, 11) is 3.68. The Bertz CT molecular complexity index is 833. The van der Waals surface area contributed by atoms with E-state index >= 15 is 0 Å². The summed E-state index contributed by atoms with van der Waals surface area (Å²) in [4.78, 5) is 9.85. The topological polar surface area (TPSA) is 70.8 Å². The van der Waals surface area contributed by atoms with Crippen LogP contribution in [0.5, 0.6) is 5.75 Å². The summed E-state index contributed by atoms with van der Waals surface area (Å²) in [6, 6.07) is 8.66. The molecule has 1 atom stereocenters. The van der Waals surface area contributed by atoms with Crippen molar-refractivity contribution < 1.29 is 4.74 Å². The Morgan fingerprint density at radius 3 is 2.52 bits per heavy atom. The van der Waals surface area contributed by atoms with Crippen LogP contribution in [0.15, 0.2) is 29.3 Å². The molecule has 2 aromatic rings. The van der Waals surface area contributed by atoms with Gasteiger partial charge in [0.1, 0.15) is 11.6 Å². The van der Waals surface area contributed by atoms with Gasteiger partial charge < -0.3 is 19.5 Å². The van der Waals surface area contributed by atoms with Crippen LogP contribution in [0.1, 0.15) is 37.5 Å². The van der Waals surface area contributed by atoms with Gasteiger partial charge in [0.2, 0.25) is 0 Å². The Kier molecular flexibility index (Phi) is 10.0. The van der Waals surface area contributed by atoms with Crippen molar-refractivity contribution in [2.24, 2.45) is 12.0 Å². The monoisotopic (exact) mass is 541 g/mol. The van der Waals surface area contributed by atoms with E-state index in [1.54, 1.807) is 7.11 Å². The smallest absolute Gasteiger partial charge is 0.194 e. The Morgan fingerprint density at radius 2 is 1.94 bits per heavy atom. The van der Waals surface area contributed by atoms with Gasteiger partial charge in [-0.15, -0.1) is 34.2 Å². The molecule has 0 aliphatic carbocycles. The van der Waals surface area contributed by atoms with Crippen LogP contribution in [0, 0.1) is 6.92 Å². The van der Waals surface area contributed by atoms with Crippen molar-refractivity contribution in [1.29, 1.82) is 0 Å². The molecule has 1 fully saturated rings. The first-order valence-electron chi connectivity index (χ1n) is 10.8. The van der Waals surface area contributed by atoms with Crippen LogP contribution in [0.2, 0.25) is 0 Å². The fourth-order valence-corrected chi connectivity index (χ4v) is 3.90. The lowest BCUT2D eigenvalue weighted by Crippen LogP contribution is -2.43. The molecule has 1 aromatic carbocycles. The van der Waals surface area contributed by atoms with E-state index in [1.165, 1.54) is 0 Å². The molecule has 2 heterocycles. The number of guanidine groups is 1. The van der Waals surface area contributed by atoms with Crippen molar-refractivity contribution in [3.63, 3.8) is 0 Å². The Morgan fingerprint density at radius 1 is 1.23 bits per heavy atom. The number of likely N-dealkylation sites (tertiary alicyclic amines) is 1. The zero-order valence-corrected chi connectivity index (χ0v) is 21.7. The summed E-state index contributed by atoms with van der Waals surface area (Å²) in [6.45, 7) is 11.8. The molecule has 1 aliphatic rings. The number of benzene rings is 1. The van der Waals surface area contributed by atoms with Crippen LogP contribution in [0.25, 0.3) is 0 Å². The van der Waals surface area contributed by atoms with Crippen LogP contribution in [0.3, 0.4) is 0 Å². The number of halogens is 1. The highest BCUT2D eigenvalue weighted by molar-refractivity contribution is 14.0. The maximum absolute atomic E-state index is 5.26. The number of nitrogens with zero attached hydrogens (tertiary/aromatic N) is 6. The van der Waals surface area contributed by atoms with Gasteiger partial charge in [0.25, 0.3) is 0 Å². The number of likely N-dealkylation sites (N-methyl/N-ethyl adjacent to an activating group) is 1. The van der Waals surface area contributed by atoms with Gasteiger partial charge in [-0.3, -0.25) is 4.90 Å². The minimum atomic E-state index is 0. The quantitative estimate of drug-likeness (QED) is 0.315. The molecule has 1 unspecified atom stereocenters. The fraction of sp³-hybridized carbons (Fsp3) is 0.591. The molecule has 1 aliphatic heterocycles. The number of methoxy groups -OCH3 is 1. The maximum Gasteiger partial charge on any atom is 0.194 e. The summed E-state index contributed by atoms with van der Waals surface area (Å²) in [5.74, 6) is 3.61. The van der Waals surface area contributed by atoms with Gasteiger partial charge in [-0.2, -0.15) is 0 Å². The first-order chi connectivity index (χ1) is 14.5. The van der Waals surface area contributed by atoms with Gasteiger partial charge in [-0.05, 0) is 44.1 Å². The van der Waals surface area contributed by atoms with Crippen LogP contribution in [-0.2, 0) is 20.1 Å². The molecule has 1 aromatic heterocycles. The van der Waals surface area contributed by atoms with E-state index in [0.717, 1.165) is 61.5 Å². The van der Waals surface area contributed by atoms with Gasteiger partial charge in [-0.25, -0.2) is 4.99 Å². The number of aromatic nitrogens is 3. The molecule has 9 heteroatoms. The van der Waals surface area contributed by atoms with Gasteiger partial charge in [0, 0.05) is 26.2 Å². The molecule has 8 nitrogen and oxygen atoms in total. The highest BCUT2D eigenvalue weighted by Gasteiger charge is 2.28. The summed E-state index contributed by atoms with van der Waals surface area (Å²) in [5, 5.41) is 12.0. The number of hydrogen-bond donors (Lipinski definition) is 1. The number of ether oxygens (including phenoxy) is 1. The van der Waals surface area contributed by atoms with Gasteiger partial charge in [-0.1, -0.05) is 26.0 Å². The number of rotatable bonds is 8. The predicted molar refractivity (Wildman–Crippen MR) is 135 cm³/mol. The number of hydrogen-bond acceptors (Lipinski definition) is 5. The highest BCUT2D eigenvalue weighted by atomic mass is 127. The third-order valence-electron chi connectivity index (χ3n) is 5.95. The average Bonchev–Trinajstić information content (AvgIpc) is 3.37. The standard InChI is InChI=1S/C22H35N7O.HI/c1-6-28(7-2)19-12-13-29(16-19)22(24-15-21-26-25-17(3)27(21)4)23-14-18-8-10-20(30-5)11-9-18;/h8-11,19H,6-7,12-16H2,1-5H3,(H,23,24);1H. The van der Waals surface area contributed by atoms with E-state index in [1.807, 2.05) is 30.7 Å². The summed E-state index contributed by atoms with van der Waals surface area (Å²) in [5.41, 5.74) is 1.16. The molecule has 1 N–H and O–H groups in total. The molecule has 0 saturated carbocycles. The van der Waals surface area contributed by atoms with E-state index in [9.17, 15) is 0 Å². The molecule has 0 bridgehead atoms. The lowest BCUT2D eigenvalue weighted by Gasteiger charge is -2.27. The molecular formula is C22H36IN7O. The molecule has 1 saturated heterocycles. The van der Waals surface area contributed by atoms with Gasteiger partial charge in [0.05, 0.1) is 20.2 Å². The van der Waals surface area contributed by atoms with Crippen molar-refractivity contribution in [2.45, 2.75) is 46.3 Å². The molecule has 0 radical (unpaired) electrons. The largest absolute Gasteiger partial charge is 0.497 e. The van der Waals surface area contributed by atoms with E-state index in [2.05, 4.69) is 51.3 Å². The van der Waals surface area contributed by atoms with Crippen molar-refractivity contribution in [3.05, 3.63) is 41.5 Å². The molecule has 0 spiro atoms. The summed E-state index contributed by atoms with van der Waals surface area (Å²) >= 11 is 0. The first kappa shape index (κ1) is 25.4.